The predicted octanol–water partition coefficient (Wildman–Crippen LogP) is 0.350. The van der Waals surface area contributed by atoms with E-state index in [1.54, 1.807) is 0 Å². The SMILES string of the molecule is Nc1[nH]nc2c1CCCN2. The summed E-state index contributed by atoms with van der Waals surface area (Å²) in [6.45, 7) is 1.01. The molecule has 0 saturated heterocycles. The molecule has 1 aliphatic heterocycles. The predicted molar refractivity (Wildman–Crippen MR) is 39.8 cm³/mol. The van der Waals surface area contributed by atoms with E-state index in [0.29, 0.717) is 5.82 Å². The Balaban J connectivity index is 2.45. The summed E-state index contributed by atoms with van der Waals surface area (Å²) in [7, 11) is 0. The van der Waals surface area contributed by atoms with E-state index in [-0.39, 0.29) is 0 Å². The first-order valence-corrected chi connectivity index (χ1v) is 3.44. The fraction of sp³-hybridized carbons (Fsp3) is 0.500. The number of nitrogens with zero attached hydrogens (tertiary/aromatic N) is 1. The zero-order valence-corrected chi connectivity index (χ0v) is 5.65. The summed E-state index contributed by atoms with van der Waals surface area (Å²) in [6.07, 6.45) is 2.20. The van der Waals surface area contributed by atoms with Gasteiger partial charge in [-0.05, 0) is 12.8 Å². The van der Waals surface area contributed by atoms with Crippen molar-refractivity contribution < 1.29 is 0 Å². The first-order chi connectivity index (χ1) is 4.88. The van der Waals surface area contributed by atoms with Crippen molar-refractivity contribution in [2.75, 3.05) is 17.6 Å². The van der Waals surface area contributed by atoms with Crippen LogP contribution in [0.2, 0.25) is 0 Å². The fourth-order valence-corrected chi connectivity index (χ4v) is 1.25. The Bertz CT molecular complexity index is 240. The Labute approximate surface area is 58.8 Å². The fourth-order valence-electron chi connectivity index (χ4n) is 1.25. The van der Waals surface area contributed by atoms with Crippen LogP contribution in [0.4, 0.5) is 11.6 Å². The number of fused-ring (bicyclic) bond motifs is 1. The number of hydrogen-bond donors (Lipinski definition) is 3. The van der Waals surface area contributed by atoms with Gasteiger partial charge < -0.3 is 11.1 Å². The lowest BCUT2D eigenvalue weighted by atomic mass is 10.1. The van der Waals surface area contributed by atoms with E-state index in [1.807, 2.05) is 0 Å². The van der Waals surface area contributed by atoms with Crippen LogP contribution in [0.1, 0.15) is 12.0 Å². The topological polar surface area (TPSA) is 66.7 Å². The van der Waals surface area contributed by atoms with Crippen molar-refractivity contribution in [3.05, 3.63) is 5.56 Å². The Hall–Kier alpha value is -1.19. The highest BCUT2D eigenvalue weighted by Crippen LogP contribution is 2.23. The number of nitrogens with one attached hydrogen (secondary N) is 2. The Morgan fingerprint density at radius 3 is 3.20 bits per heavy atom. The molecule has 2 rings (SSSR count). The van der Waals surface area contributed by atoms with Crippen LogP contribution in [0.3, 0.4) is 0 Å². The number of H-pyrrole nitrogens is 1. The number of aromatic nitrogens is 2. The molecule has 0 saturated carbocycles. The monoisotopic (exact) mass is 138 g/mol. The van der Waals surface area contributed by atoms with E-state index in [9.17, 15) is 0 Å². The molecule has 0 atom stereocenters. The van der Waals surface area contributed by atoms with Gasteiger partial charge in [-0.3, -0.25) is 5.10 Å². The highest BCUT2D eigenvalue weighted by atomic mass is 15.2. The number of nitrogens with two attached hydrogens (primary N) is 1. The second kappa shape index (κ2) is 1.90. The molecule has 1 aromatic heterocycles. The van der Waals surface area contributed by atoms with Gasteiger partial charge in [0.25, 0.3) is 0 Å². The molecule has 2 heterocycles. The molecule has 0 amide bonds. The summed E-state index contributed by atoms with van der Waals surface area (Å²) in [5, 5.41) is 9.90. The molecule has 0 aliphatic carbocycles. The largest absolute Gasteiger partial charge is 0.384 e. The third kappa shape index (κ3) is 0.650. The molecule has 0 unspecified atom stereocenters. The third-order valence-corrected chi connectivity index (χ3v) is 1.80. The van der Waals surface area contributed by atoms with Crippen molar-refractivity contribution in [1.29, 1.82) is 0 Å². The van der Waals surface area contributed by atoms with Gasteiger partial charge >= 0.3 is 0 Å². The number of hydrogen-bond acceptors (Lipinski definition) is 3. The van der Waals surface area contributed by atoms with Crippen molar-refractivity contribution in [3.8, 4) is 0 Å². The van der Waals surface area contributed by atoms with E-state index in [4.69, 9.17) is 5.73 Å². The maximum atomic E-state index is 5.60. The van der Waals surface area contributed by atoms with Crippen LogP contribution < -0.4 is 11.1 Å². The molecule has 10 heavy (non-hydrogen) atoms. The average molecular weight is 138 g/mol. The van der Waals surface area contributed by atoms with Gasteiger partial charge in [0.05, 0.1) is 0 Å². The molecule has 1 aromatic rings. The van der Waals surface area contributed by atoms with Gasteiger partial charge in [0.2, 0.25) is 0 Å². The maximum Gasteiger partial charge on any atom is 0.153 e. The molecule has 1 aliphatic rings. The van der Waals surface area contributed by atoms with Gasteiger partial charge in [-0.15, -0.1) is 0 Å². The molecule has 0 bridgehead atoms. The summed E-state index contributed by atoms with van der Waals surface area (Å²) in [6, 6.07) is 0. The Morgan fingerprint density at radius 2 is 2.40 bits per heavy atom. The molecule has 0 spiro atoms. The third-order valence-electron chi connectivity index (χ3n) is 1.80. The molecular formula is C6H10N4. The minimum Gasteiger partial charge on any atom is -0.384 e. The quantitative estimate of drug-likeness (QED) is 0.484. The summed E-state index contributed by atoms with van der Waals surface area (Å²) in [5.74, 6) is 1.64. The van der Waals surface area contributed by atoms with Gasteiger partial charge in [0, 0.05) is 12.1 Å². The van der Waals surface area contributed by atoms with Gasteiger partial charge in [-0.1, -0.05) is 0 Å². The molecule has 0 aromatic carbocycles. The summed E-state index contributed by atoms with van der Waals surface area (Å²) in [5.41, 5.74) is 6.75. The van der Waals surface area contributed by atoms with Crippen molar-refractivity contribution >= 4 is 11.6 Å². The lowest BCUT2D eigenvalue weighted by Crippen LogP contribution is -2.11. The summed E-state index contributed by atoms with van der Waals surface area (Å²) in [4.78, 5) is 0. The molecule has 0 radical (unpaired) electrons. The normalized spacial score (nSPS) is 16.0. The lowest BCUT2D eigenvalue weighted by Gasteiger charge is -2.11. The first-order valence-electron chi connectivity index (χ1n) is 3.44. The van der Waals surface area contributed by atoms with Crippen LogP contribution in [0.5, 0.6) is 0 Å². The second-order valence-electron chi connectivity index (χ2n) is 2.49. The molecule has 54 valence electrons. The van der Waals surface area contributed by atoms with Crippen LogP contribution in [-0.2, 0) is 6.42 Å². The van der Waals surface area contributed by atoms with Crippen LogP contribution >= 0.6 is 0 Å². The van der Waals surface area contributed by atoms with E-state index < -0.39 is 0 Å². The Morgan fingerprint density at radius 1 is 1.50 bits per heavy atom. The van der Waals surface area contributed by atoms with Crippen molar-refractivity contribution in [1.82, 2.24) is 10.2 Å². The van der Waals surface area contributed by atoms with E-state index in [0.717, 1.165) is 30.8 Å². The van der Waals surface area contributed by atoms with Gasteiger partial charge in [-0.25, -0.2) is 0 Å². The molecule has 4 heteroatoms. The highest BCUT2D eigenvalue weighted by molar-refractivity contribution is 5.57. The van der Waals surface area contributed by atoms with Gasteiger partial charge in [-0.2, -0.15) is 5.10 Å². The van der Waals surface area contributed by atoms with E-state index in [2.05, 4.69) is 15.5 Å². The zero-order valence-electron chi connectivity index (χ0n) is 5.65. The van der Waals surface area contributed by atoms with Crippen LogP contribution in [0.15, 0.2) is 0 Å². The number of aromatic amines is 1. The van der Waals surface area contributed by atoms with Gasteiger partial charge in [0.1, 0.15) is 5.82 Å². The van der Waals surface area contributed by atoms with Crippen molar-refractivity contribution in [3.63, 3.8) is 0 Å². The first kappa shape index (κ1) is 5.58. The molecule has 4 nitrogen and oxygen atoms in total. The highest BCUT2D eigenvalue weighted by Gasteiger charge is 2.13. The zero-order chi connectivity index (χ0) is 6.97. The minimum absolute atomic E-state index is 0.710. The smallest absolute Gasteiger partial charge is 0.153 e. The second-order valence-corrected chi connectivity index (χ2v) is 2.49. The number of nitrogen functional groups attached to an aromatic ring is 1. The molecule has 4 N–H and O–H groups in total. The number of rotatable bonds is 0. The van der Waals surface area contributed by atoms with Crippen LogP contribution in [0.25, 0.3) is 0 Å². The van der Waals surface area contributed by atoms with Crippen LogP contribution in [-0.4, -0.2) is 16.7 Å². The standard InChI is InChI=1S/C6H10N4/c7-5-4-2-1-3-8-6(4)10-9-5/h1-3H2,(H4,7,8,9,10). The van der Waals surface area contributed by atoms with Crippen LogP contribution in [0, 0.1) is 0 Å². The minimum atomic E-state index is 0.710. The lowest BCUT2D eigenvalue weighted by molar-refractivity contribution is 0.828. The maximum absolute atomic E-state index is 5.60. The average Bonchev–Trinajstić information content (AvgIpc) is 2.34. The van der Waals surface area contributed by atoms with E-state index in [1.165, 1.54) is 0 Å². The molecule has 0 fully saturated rings. The van der Waals surface area contributed by atoms with E-state index >= 15 is 0 Å². The molecular weight excluding hydrogens is 128 g/mol. The number of anilines is 2. The van der Waals surface area contributed by atoms with Crippen molar-refractivity contribution in [2.45, 2.75) is 12.8 Å². The summed E-state index contributed by atoms with van der Waals surface area (Å²) >= 11 is 0. The Kier molecular flexibility index (Phi) is 1.06. The van der Waals surface area contributed by atoms with Gasteiger partial charge in [0.15, 0.2) is 5.82 Å². The van der Waals surface area contributed by atoms with Crippen molar-refractivity contribution in [2.24, 2.45) is 0 Å². The summed E-state index contributed by atoms with van der Waals surface area (Å²) < 4.78 is 0.